The molecule has 1 atom stereocenters. The van der Waals surface area contributed by atoms with Crippen molar-refractivity contribution >= 4 is 29.3 Å². The number of nitrogens with zero attached hydrogens (tertiary/aromatic N) is 2. The second-order valence-electron chi connectivity index (χ2n) is 3.51. The first kappa shape index (κ1) is 13.8. The maximum atomic E-state index is 10.7. The van der Waals surface area contributed by atoms with E-state index in [0.717, 1.165) is 11.8 Å². The van der Waals surface area contributed by atoms with Crippen LogP contribution in [0.25, 0.3) is 0 Å². The number of pyridine rings is 1. The fourth-order valence-electron chi connectivity index (χ4n) is 1.23. The van der Waals surface area contributed by atoms with Crippen LogP contribution in [0.5, 0.6) is 0 Å². The standard InChI is InChI=1S/C11H11ClN2O2S/c1-5-8(4-13)10(14-6(2)9(5)12)17-7(3)11(15)16/h7H,1-3H3,(H,15,16)/p-1. The summed E-state index contributed by atoms with van der Waals surface area (Å²) in [6, 6.07) is 2.00. The van der Waals surface area contributed by atoms with E-state index in [-0.39, 0.29) is 0 Å². The molecule has 0 aliphatic carbocycles. The Morgan fingerprint density at radius 2 is 2.18 bits per heavy atom. The van der Waals surface area contributed by atoms with Gasteiger partial charge in [0.15, 0.2) is 0 Å². The summed E-state index contributed by atoms with van der Waals surface area (Å²) >= 11 is 6.97. The lowest BCUT2D eigenvalue weighted by Gasteiger charge is -2.14. The van der Waals surface area contributed by atoms with Crippen molar-refractivity contribution in [2.24, 2.45) is 0 Å². The van der Waals surface area contributed by atoms with Gasteiger partial charge < -0.3 is 9.90 Å². The van der Waals surface area contributed by atoms with Crippen LogP contribution in [0.1, 0.15) is 23.7 Å². The predicted octanol–water partition coefficient (Wildman–Crippen LogP) is 1.45. The Bertz CT molecular complexity index is 511. The van der Waals surface area contributed by atoms with Crippen molar-refractivity contribution in [2.45, 2.75) is 31.0 Å². The summed E-state index contributed by atoms with van der Waals surface area (Å²) < 4.78 is 0. The molecule has 0 aliphatic heterocycles. The highest BCUT2D eigenvalue weighted by atomic mass is 35.5. The number of aryl methyl sites for hydroxylation is 1. The quantitative estimate of drug-likeness (QED) is 0.776. The van der Waals surface area contributed by atoms with Crippen LogP contribution in [0.2, 0.25) is 5.02 Å². The molecule has 0 saturated carbocycles. The zero-order valence-electron chi connectivity index (χ0n) is 9.57. The van der Waals surface area contributed by atoms with Crippen LogP contribution in [0, 0.1) is 25.2 Å². The monoisotopic (exact) mass is 269 g/mol. The van der Waals surface area contributed by atoms with Gasteiger partial charge in [-0.2, -0.15) is 5.26 Å². The SMILES string of the molecule is Cc1nc(SC(C)C(=O)[O-])c(C#N)c(C)c1Cl. The molecule has 17 heavy (non-hydrogen) atoms. The largest absolute Gasteiger partial charge is 0.549 e. The topological polar surface area (TPSA) is 76.8 Å². The van der Waals surface area contributed by atoms with Gasteiger partial charge in [-0.05, 0) is 26.3 Å². The second kappa shape index (κ2) is 5.39. The van der Waals surface area contributed by atoms with E-state index in [1.807, 2.05) is 6.07 Å². The van der Waals surface area contributed by atoms with E-state index < -0.39 is 11.2 Å². The van der Waals surface area contributed by atoms with Gasteiger partial charge >= 0.3 is 0 Å². The number of carboxylic acid groups (broad SMARTS) is 1. The average molecular weight is 270 g/mol. The number of carbonyl (C=O) groups excluding carboxylic acids is 1. The van der Waals surface area contributed by atoms with Crippen molar-refractivity contribution in [3.63, 3.8) is 0 Å². The van der Waals surface area contributed by atoms with Gasteiger partial charge in [0.05, 0.1) is 22.2 Å². The highest BCUT2D eigenvalue weighted by molar-refractivity contribution is 8.00. The number of aromatic nitrogens is 1. The Morgan fingerprint density at radius 1 is 1.59 bits per heavy atom. The number of halogens is 1. The van der Waals surface area contributed by atoms with E-state index in [2.05, 4.69) is 4.98 Å². The van der Waals surface area contributed by atoms with Crippen LogP contribution in [0.15, 0.2) is 5.03 Å². The molecule has 6 heteroatoms. The van der Waals surface area contributed by atoms with Crippen LogP contribution in [0.4, 0.5) is 0 Å². The summed E-state index contributed by atoms with van der Waals surface area (Å²) in [5.41, 5.74) is 1.52. The summed E-state index contributed by atoms with van der Waals surface area (Å²) in [6.45, 7) is 4.91. The molecular formula is C11H10ClN2O2S-. The van der Waals surface area contributed by atoms with Crippen LogP contribution in [-0.2, 0) is 4.79 Å². The lowest BCUT2D eigenvalue weighted by Crippen LogP contribution is -2.31. The van der Waals surface area contributed by atoms with Gasteiger partial charge in [0.1, 0.15) is 11.1 Å². The van der Waals surface area contributed by atoms with Crippen LogP contribution >= 0.6 is 23.4 Å². The minimum absolute atomic E-state index is 0.318. The molecule has 0 N–H and O–H groups in total. The smallest absolute Gasteiger partial charge is 0.115 e. The highest BCUT2D eigenvalue weighted by Crippen LogP contribution is 2.31. The molecule has 0 bridgehead atoms. The van der Waals surface area contributed by atoms with Crippen LogP contribution in [0.3, 0.4) is 0 Å². The van der Waals surface area contributed by atoms with E-state index in [1.54, 1.807) is 13.8 Å². The number of thioether (sulfide) groups is 1. The third-order valence-corrected chi connectivity index (χ3v) is 3.86. The third kappa shape index (κ3) is 2.90. The van der Waals surface area contributed by atoms with Crippen LogP contribution in [-0.4, -0.2) is 16.2 Å². The molecule has 1 aromatic heterocycles. The molecule has 1 aromatic rings. The number of nitriles is 1. The maximum Gasteiger partial charge on any atom is 0.115 e. The summed E-state index contributed by atoms with van der Waals surface area (Å²) in [4.78, 5) is 14.8. The van der Waals surface area contributed by atoms with E-state index in [1.165, 1.54) is 6.92 Å². The molecule has 1 rings (SSSR count). The maximum absolute atomic E-state index is 10.7. The van der Waals surface area contributed by atoms with Crippen LogP contribution < -0.4 is 5.11 Å². The number of hydrogen-bond acceptors (Lipinski definition) is 5. The number of rotatable bonds is 3. The Kier molecular flexibility index (Phi) is 4.38. The van der Waals surface area contributed by atoms with Gasteiger partial charge in [0.25, 0.3) is 0 Å². The van der Waals surface area contributed by atoms with Gasteiger partial charge in [-0.15, -0.1) is 0 Å². The molecule has 4 nitrogen and oxygen atoms in total. The van der Waals surface area contributed by atoms with E-state index in [0.29, 0.717) is 26.9 Å². The lowest BCUT2D eigenvalue weighted by atomic mass is 10.1. The molecule has 1 heterocycles. The molecule has 0 aliphatic rings. The molecule has 90 valence electrons. The number of carboxylic acids is 1. The average Bonchev–Trinajstić information content (AvgIpc) is 2.26. The molecule has 0 amide bonds. The second-order valence-corrected chi connectivity index (χ2v) is 5.21. The molecule has 0 fully saturated rings. The van der Waals surface area contributed by atoms with Gasteiger partial charge in [0, 0.05) is 5.25 Å². The van der Waals surface area contributed by atoms with E-state index in [4.69, 9.17) is 16.9 Å². The zero-order valence-corrected chi connectivity index (χ0v) is 11.1. The van der Waals surface area contributed by atoms with Gasteiger partial charge in [-0.1, -0.05) is 23.4 Å². The van der Waals surface area contributed by atoms with E-state index in [9.17, 15) is 9.90 Å². The Hall–Kier alpha value is -1.25. The third-order valence-electron chi connectivity index (χ3n) is 2.24. The first-order valence-electron chi connectivity index (χ1n) is 4.82. The summed E-state index contributed by atoms with van der Waals surface area (Å²) in [7, 11) is 0. The van der Waals surface area contributed by atoms with Crippen molar-refractivity contribution in [1.82, 2.24) is 4.98 Å². The van der Waals surface area contributed by atoms with Gasteiger partial charge in [-0.3, -0.25) is 0 Å². The molecule has 0 aromatic carbocycles. The molecule has 0 saturated heterocycles. The van der Waals surface area contributed by atoms with Crippen molar-refractivity contribution in [3.8, 4) is 6.07 Å². The molecule has 0 spiro atoms. The van der Waals surface area contributed by atoms with Gasteiger partial charge in [-0.25, -0.2) is 4.98 Å². The Balaban J connectivity index is 3.25. The normalized spacial score (nSPS) is 11.9. The van der Waals surface area contributed by atoms with Crippen molar-refractivity contribution in [1.29, 1.82) is 5.26 Å². The number of aliphatic carboxylic acids is 1. The molecule has 0 radical (unpaired) electrons. The lowest BCUT2D eigenvalue weighted by molar-refractivity contribution is -0.304. The zero-order chi connectivity index (χ0) is 13.2. The Morgan fingerprint density at radius 3 is 2.65 bits per heavy atom. The molecular weight excluding hydrogens is 260 g/mol. The van der Waals surface area contributed by atoms with E-state index >= 15 is 0 Å². The Labute approximate surface area is 109 Å². The number of hydrogen-bond donors (Lipinski definition) is 0. The highest BCUT2D eigenvalue weighted by Gasteiger charge is 2.16. The first-order chi connectivity index (χ1) is 7.88. The fraction of sp³-hybridized carbons (Fsp3) is 0.364. The van der Waals surface area contributed by atoms with Crippen molar-refractivity contribution in [3.05, 3.63) is 21.8 Å². The van der Waals surface area contributed by atoms with Gasteiger partial charge in [0.2, 0.25) is 0 Å². The summed E-state index contributed by atoms with van der Waals surface area (Å²) in [5.74, 6) is -1.19. The fourth-order valence-corrected chi connectivity index (χ4v) is 2.31. The first-order valence-corrected chi connectivity index (χ1v) is 6.08. The van der Waals surface area contributed by atoms with Crippen molar-refractivity contribution in [2.75, 3.05) is 0 Å². The summed E-state index contributed by atoms with van der Waals surface area (Å²) in [6.07, 6.45) is 0. The summed E-state index contributed by atoms with van der Waals surface area (Å²) in [5, 5.41) is 19.8. The minimum atomic E-state index is -1.19. The predicted molar refractivity (Wildman–Crippen MR) is 63.8 cm³/mol. The van der Waals surface area contributed by atoms with Crippen molar-refractivity contribution < 1.29 is 9.90 Å². The number of carbonyl (C=O) groups is 1. The molecule has 1 unspecified atom stereocenters. The minimum Gasteiger partial charge on any atom is -0.549 e.